The fourth-order valence-electron chi connectivity index (χ4n) is 3.19. The van der Waals surface area contributed by atoms with E-state index >= 15 is 0 Å². The zero-order valence-electron chi connectivity index (χ0n) is 18.1. The van der Waals surface area contributed by atoms with Crippen LogP contribution in [-0.2, 0) is 11.3 Å². The summed E-state index contributed by atoms with van der Waals surface area (Å²) in [5, 5.41) is 11.0. The summed E-state index contributed by atoms with van der Waals surface area (Å²) >= 11 is 1.06. The van der Waals surface area contributed by atoms with Gasteiger partial charge >= 0.3 is 0 Å². The fourth-order valence-corrected chi connectivity index (χ4v) is 3.96. The number of hydrogen-bond donors (Lipinski definition) is 2. The van der Waals surface area contributed by atoms with Crippen molar-refractivity contribution in [2.45, 2.75) is 11.7 Å². The molecule has 4 rings (SSSR count). The number of thioether (sulfide) groups is 1. The number of nitrogens with two attached hydrogens (primary N) is 1. The Balaban J connectivity index is 1.43. The van der Waals surface area contributed by atoms with E-state index in [-0.39, 0.29) is 40.7 Å². The fraction of sp³-hybridized carbons (Fsp3) is 0.130. The number of benzene rings is 2. The van der Waals surface area contributed by atoms with Crippen molar-refractivity contribution in [1.29, 1.82) is 0 Å². The Bertz CT molecular complexity index is 1310. The molecule has 0 bridgehead atoms. The molecule has 3 N–H and O–H groups in total. The van der Waals surface area contributed by atoms with Gasteiger partial charge in [0, 0.05) is 7.05 Å². The number of hydrogen-bond acceptors (Lipinski definition) is 7. The number of para-hydroxylation sites is 1. The minimum Gasteiger partial charge on any atom is -0.467 e. The minimum absolute atomic E-state index is 0.0224. The van der Waals surface area contributed by atoms with Crippen molar-refractivity contribution in [2.75, 3.05) is 23.5 Å². The van der Waals surface area contributed by atoms with Crippen molar-refractivity contribution in [3.05, 3.63) is 84.1 Å². The van der Waals surface area contributed by atoms with Crippen LogP contribution in [0.3, 0.4) is 0 Å². The van der Waals surface area contributed by atoms with E-state index in [1.807, 2.05) is 0 Å². The van der Waals surface area contributed by atoms with Crippen LogP contribution in [0, 0.1) is 5.82 Å². The Hall–Kier alpha value is -4.12. The molecule has 0 radical (unpaired) electrons. The lowest BCUT2D eigenvalue weighted by molar-refractivity contribution is -0.115. The second-order valence-corrected chi connectivity index (χ2v) is 8.12. The van der Waals surface area contributed by atoms with E-state index in [1.54, 1.807) is 61.6 Å². The Kier molecular flexibility index (Phi) is 6.93. The molecule has 0 saturated heterocycles. The van der Waals surface area contributed by atoms with Crippen molar-refractivity contribution in [3.63, 3.8) is 0 Å². The van der Waals surface area contributed by atoms with Gasteiger partial charge in [-0.3, -0.25) is 9.59 Å². The third-order valence-electron chi connectivity index (χ3n) is 4.99. The van der Waals surface area contributed by atoms with Crippen molar-refractivity contribution in [1.82, 2.24) is 20.2 Å². The van der Waals surface area contributed by atoms with Crippen LogP contribution in [0.15, 0.2) is 76.5 Å². The lowest BCUT2D eigenvalue weighted by Crippen LogP contribution is -2.31. The Morgan fingerprint density at radius 2 is 1.88 bits per heavy atom. The molecule has 9 nitrogen and oxygen atoms in total. The largest absolute Gasteiger partial charge is 0.467 e. The Morgan fingerprint density at radius 1 is 1.12 bits per heavy atom. The van der Waals surface area contributed by atoms with E-state index in [9.17, 15) is 14.0 Å². The predicted octanol–water partition coefficient (Wildman–Crippen LogP) is 3.08. The zero-order valence-corrected chi connectivity index (χ0v) is 19.0. The van der Waals surface area contributed by atoms with E-state index < -0.39 is 5.82 Å². The first kappa shape index (κ1) is 23.1. The minimum atomic E-state index is -0.476. The van der Waals surface area contributed by atoms with Gasteiger partial charge in [-0.25, -0.2) is 9.07 Å². The molecule has 174 valence electrons. The molecule has 2 heterocycles. The lowest BCUT2D eigenvalue weighted by atomic mass is 10.1. The lowest BCUT2D eigenvalue weighted by Gasteiger charge is -2.20. The molecule has 34 heavy (non-hydrogen) atoms. The molecule has 11 heteroatoms. The van der Waals surface area contributed by atoms with Crippen molar-refractivity contribution >= 4 is 29.3 Å². The highest BCUT2D eigenvalue weighted by atomic mass is 32.2. The summed E-state index contributed by atoms with van der Waals surface area (Å²) in [5.74, 6) is 5.68. The van der Waals surface area contributed by atoms with Crippen molar-refractivity contribution in [3.8, 4) is 11.4 Å². The van der Waals surface area contributed by atoms with Gasteiger partial charge in [0.25, 0.3) is 5.91 Å². The summed E-state index contributed by atoms with van der Waals surface area (Å²) in [6.07, 6.45) is 1.53. The predicted molar refractivity (Wildman–Crippen MR) is 126 cm³/mol. The summed E-state index contributed by atoms with van der Waals surface area (Å²) < 4.78 is 20.4. The molecule has 0 unspecified atom stereocenters. The second-order valence-electron chi connectivity index (χ2n) is 7.18. The number of nitrogens with one attached hydrogen (secondary N) is 1. The van der Waals surface area contributed by atoms with Gasteiger partial charge in [0.2, 0.25) is 11.1 Å². The first-order chi connectivity index (χ1) is 16.5. The highest BCUT2D eigenvalue weighted by Crippen LogP contribution is 2.25. The van der Waals surface area contributed by atoms with E-state index in [0.717, 1.165) is 16.4 Å². The Labute approximate surface area is 198 Å². The average Bonchev–Trinajstić information content (AvgIpc) is 3.50. The van der Waals surface area contributed by atoms with Crippen LogP contribution < -0.4 is 16.1 Å². The number of anilines is 1. The molecular weight excluding hydrogens is 459 g/mol. The number of rotatable bonds is 8. The van der Waals surface area contributed by atoms with Crippen LogP contribution in [0.25, 0.3) is 11.4 Å². The van der Waals surface area contributed by atoms with Gasteiger partial charge in [0.1, 0.15) is 11.6 Å². The summed E-state index contributed by atoms with van der Waals surface area (Å²) in [7, 11) is 1.58. The number of amides is 2. The number of furan rings is 1. The van der Waals surface area contributed by atoms with Crippen LogP contribution in [0.4, 0.5) is 10.1 Å². The monoisotopic (exact) mass is 480 g/mol. The third-order valence-corrected chi connectivity index (χ3v) is 5.92. The summed E-state index contributed by atoms with van der Waals surface area (Å²) in [6.45, 7) is 0.226. The maximum atomic E-state index is 14.1. The van der Waals surface area contributed by atoms with Crippen LogP contribution in [0.5, 0.6) is 0 Å². The number of carbonyl (C=O) groups is 2. The number of carbonyl (C=O) groups excluding carboxylic acids is 2. The third kappa shape index (κ3) is 4.94. The Morgan fingerprint density at radius 3 is 2.65 bits per heavy atom. The first-order valence-electron chi connectivity index (χ1n) is 10.2. The van der Waals surface area contributed by atoms with Crippen LogP contribution >= 0.6 is 11.8 Å². The van der Waals surface area contributed by atoms with E-state index in [2.05, 4.69) is 15.5 Å². The highest BCUT2D eigenvalue weighted by molar-refractivity contribution is 7.99. The van der Waals surface area contributed by atoms with Crippen LogP contribution in [0.2, 0.25) is 0 Å². The molecule has 2 aromatic heterocycles. The SMILES string of the molecule is CN(C(=O)CSc1nnc(-c2ccccc2F)n1N)c1ccccc1C(=O)NCc1ccco1. The number of nitrogens with zero attached hydrogens (tertiary/aromatic N) is 4. The molecule has 2 amide bonds. The standard InChI is InChI=1S/C23H21FN6O3S/c1-29(19-11-5-3-9-17(19)22(32)26-13-15-7-6-12-33-15)20(31)14-34-23-28-27-21(30(23)25)16-8-2-4-10-18(16)24/h2-12H,13-14,25H2,1H3,(H,26,32). The average molecular weight is 481 g/mol. The molecular formula is C23H21FN6O3S. The van der Waals surface area contributed by atoms with Gasteiger partial charge in [0.15, 0.2) is 5.82 Å². The van der Waals surface area contributed by atoms with Gasteiger partial charge in [-0.15, -0.1) is 10.2 Å². The summed E-state index contributed by atoms with van der Waals surface area (Å²) in [5.41, 5.74) is 1.01. The number of aromatic nitrogens is 3. The second kappa shape index (κ2) is 10.2. The van der Waals surface area contributed by atoms with E-state index in [4.69, 9.17) is 10.3 Å². The molecule has 0 aliphatic rings. The molecule has 0 aliphatic heterocycles. The highest BCUT2D eigenvalue weighted by Gasteiger charge is 2.21. The number of nitrogen functional groups attached to an aromatic ring is 1. The van der Waals surface area contributed by atoms with Crippen molar-refractivity contribution < 1.29 is 18.4 Å². The molecule has 0 aliphatic carbocycles. The quantitative estimate of drug-likeness (QED) is 0.294. The van der Waals surface area contributed by atoms with Gasteiger partial charge in [-0.2, -0.15) is 0 Å². The molecule has 0 spiro atoms. The first-order valence-corrected chi connectivity index (χ1v) is 11.2. The van der Waals surface area contributed by atoms with Crippen LogP contribution in [0.1, 0.15) is 16.1 Å². The maximum Gasteiger partial charge on any atom is 0.253 e. The maximum absolute atomic E-state index is 14.1. The van der Waals surface area contributed by atoms with Crippen molar-refractivity contribution in [2.24, 2.45) is 0 Å². The topological polar surface area (TPSA) is 119 Å². The molecule has 0 fully saturated rings. The summed E-state index contributed by atoms with van der Waals surface area (Å²) in [4.78, 5) is 27.0. The summed E-state index contributed by atoms with van der Waals surface area (Å²) in [6, 6.07) is 16.4. The van der Waals surface area contributed by atoms with Gasteiger partial charge < -0.3 is 20.5 Å². The van der Waals surface area contributed by atoms with E-state index in [0.29, 0.717) is 17.0 Å². The van der Waals surface area contributed by atoms with Gasteiger partial charge in [-0.05, 0) is 36.4 Å². The zero-order chi connectivity index (χ0) is 24.1. The molecule has 0 atom stereocenters. The molecule has 0 saturated carbocycles. The van der Waals surface area contributed by atoms with Crippen LogP contribution in [-0.4, -0.2) is 39.5 Å². The van der Waals surface area contributed by atoms with E-state index in [1.165, 1.54) is 17.2 Å². The molecule has 2 aromatic carbocycles. The normalized spacial score (nSPS) is 10.8. The van der Waals surface area contributed by atoms with Gasteiger partial charge in [0.05, 0.1) is 35.4 Å². The smallest absolute Gasteiger partial charge is 0.253 e. The van der Waals surface area contributed by atoms with Gasteiger partial charge in [-0.1, -0.05) is 36.0 Å². The molecule has 4 aromatic rings. The number of halogens is 1.